The molecule has 1 aromatic heterocycles. The van der Waals surface area contributed by atoms with Gasteiger partial charge >= 0.3 is 12.1 Å². The van der Waals surface area contributed by atoms with Gasteiger partial charge in [0.1, 0.15) is 29.3 Å². The smallest absolute Gasteiger partial charge is 0.409 e. The fourth-order valence-corrected chi connectivity index (χ4v) is 6.40. The lowest BCUT2D eigenvalue weighted by Crippen LogP contribution is -2.56. The van der Waals surface area contributed by atoms with Crippen LogP contribution in [0.4, 0.5) is 9.18 Å². The lowest BCUT2D eigenvalue weighted by atomic mass is 10.1. The first kappa shape index (κ1) is 35.3. The van der Waals surface area contributed by atoms with Crippen LogP contribution in [0.2, 0.25) is 0 Å². The Labute approximate surface area is 282 Å². The second kappa shape index (κ2) is 15.5. The molecule has 3 saturated heterocycles. The quantitative estimate of drug-likeness (QED) is 0.373. The Kier molecular flexibility index (Phi) is 11.1. The number of nitrogens with one attached hydrogen (secondary N) is 1. The molecule has 2 atom stereocenters. The second-order valence-electron chi connectivity index (χ2n) is 12.3. The maximum Gasteiger partial charge on any atom is 0.409 e. The minimum absolute atomic E-state index is 0.0276. The number of fused-ring (bicyclic) bond motifs is 1. The van der Waals surface area contributed by atoms with Gasteiger partial charge in [-0.3, -0.25) is 24.0 Å². The van der Waals surface area contributed by atoms with Crippen LogP contribution in [0.15, 0.2) is 18.2 Å². The number of nitrogens with zero attached hydrogens (tertiary/aromatic N) is 5. The molecule has 5 rings (SSSR count). The zero-order valence-electron chi connectivity index (χ0n) is 27.6. The highest BCUT2D eigenvalue weighted by molar-refractivity contribution is 6.00. The summed E-state index contributed by atoms with van der Waals surface area (Å²) < 4.78 is 25.6. The van der Waals surface area contributed by atoms with E-state index in [-0.39, 0.29) is 66.6 Å². The lowest BCUT2D eigenvalue weighted by molar-refractivity contribution is -0.144. The van der Waals surface area contributed by atoms with Gasteiger partial charge in [0.25, 0.3) is 11.8 Å². The summed E-state index contributed by atoms with van der Waals surface area (Å²) in [5, 5.41) is 12.2. The summed E-state index contributed by atoms with van der Waals surface area (Å²) in [5.41, 5.74) is 0.161. The molecule has 0 aliphatic carbocycles. The molecule has 264 valence electrons. The predicted octanol–water partition coefficient (Wildman–Crippen LogP) is 1.55. The summed E-state index contributed by atoms with van der Waals surface area (Å²) in [5.74, 6) is -3.97. The van der Waals surface area contributed by atoms with Crippen molar-refractivity contribution in [3.8, 4) is 5.75 Å². The first-order valence-corrected chi connectivity index (χ1v) is 16.5. The highest BCUT2D eigenvalue weighted by Gasteiger charge is 2.37. The number of likely N-dealkylation sites (tertiary alicyclic amines) is 2. The highest BCUT2D eigenvalue weighted by Crippen LogP contribution is 2.29. The van der Waals surface area contributed by atoms with E-state index in [1.165, 1.54) is 39.8 Å². The van der Waals surface area contributed by atoms with Gasteiger partial charge in [0.15, 0.2) is 6.61 Å². The van der Waals surface area contributed by atoms with Gasteiger partial charge in [0.05, 0.1) is 18.5 Å². The molecule has 0 saturated carbocycles. The number of hydrogen-bond donors (Lipinski definition) is 2. The van der Waals surface area contributed by atoms with Crippen molar-refractivity contribution >= 4 is 46.6 Å². The van der Waals surface area contributed by atoms with Crippen LogP contribution >= 0.6 is 0 Å². The van der Waals surface area contributed by atoms with E-state index in [2.05, 4.69) is 10.3 Å². The number of ether oxygens (including phenoxy) is 2. The van der Waals surface area contributed by atoms with Crippen LogP contribution in [0, 0.1) is 12.7 Å². The molecule has 0 radical (unpaired) electrons. The Morgan fingerprint density at radius 2 is 1.65 bits per heavy atom. The second-order valence-corrected chi connectivity index (χ2v) is 12.3. The average molecular weight is 685 g/mol. The standard InChI is InChI=1S/C33H41FN6O9/c1-3-48-33(47)39-13-11-38(12-14-39)31(45)25(18-29(42)43)36-30(44)24-17-27(21-16-22(34)20(2)15-23(21)35-24)49-19-28(41)40-10-6-7-26(40)32(46)37-8-4-5-9-37/h15-17,25-26H,3-14,18-19H2,1-2H3,(H,36,44)(H,42,43). The van der Waals surface area contributed by atoms with Crippen molar-refractivity contribution in [2.45, 2.75) is 58.0 Å². The molecule has 3 aliphatic heterocycles. The van der Waals surface area contributed by atoms with E-state index < -0.39 is 60.7 Å². The van der Waals surface area contributed by atoms with Gasteiger partial charge in [-0.2, -0.15) is 0 Å². The molecule has 2 unspecified atom stereocenters. The Balaban J connectivity index is 1.32. The van der Waals surface area contributed by atoms with Crippen LogP contribution < -0.4 is 10.1 Å². The van der Waals surface area contributed by atoms with Crippen LogP contribution in [0.3, 0.4) is 0 Å². The van der Waals surface area contributed by atoms with E-state index in [9.17, 15) is 38.3 Å². The number of piperazine rings is 1. The van der Waals surface area contributed by atoms with Crippen molar-refractivity contribution in [1.82, 2.24) is 29.9 Å². The number of pyridine rings is 1. The topological polar surface area (TPSA) is 179 Å². The number of benzene rings is 1. The van der Waals surface area contributed by atoms with Crippen molar-refractivity contribution in [1.29, 1.82) is 0 Å². The fourth-order valence-electron chi connectivity index (χ4n) is 6.40. The maximum atomic E-state index is 14.7. The van der Waals surface area contributed by atoms with Crippen molar-refractivity contribution in [2.24, 2.45) is 0 Å². The SMILES string of the molecule is CCOC(=O)N1CCN(C(=O)C(CC(=O)O)NC(=O)c2cc(OCC(=O)N3CCCC3C(=O)N3CCCC3)c3cc(F)c(C)cc3n2)CC1. The number of halogens is 1. The number of carboxylic acids is 1. The number of amides is 5. The molecular weight excluding hydrogens is 643 g/mol. The molecule has 4 heterocycles. The zero-order chi connectivity index (χ0) is 35.2. The summed E-state index contributed by atoms with van der Waals surface area (Å²) in [4.78, 5) is 87.5. The predicted molar refractivity (Wildman–Crippen MR) is 171 cm³/mol. The number of carboxylic acid groups (broad SMARTS) is 1. The first-order valence-electron chi connectivity index (χ1n) is 16.5. The normalized spacial score (nSPS) is 18.4. The van der Waals surface area contributed by atoms with Gasteiger partial charge in [-0.15, -0.1) is 0 Å². The van der Waals surface area contributed by atoms with Gasteiger partial charge in [-0.05, 0) is 57.2 Å². The number of carbonyl (C=O) groups excluding carboxylic acids is 5. The fraction of sp³-hybridized carbons (Fsp3) is 0.545. The van der Waals surface area contributed by atoms with E-state index in [4.69, 9.17) is 9.47 Å². The number of hydrogen-bond acceptors (Lipinski definition) is 9. The summed E-state index contributed by atoms with van der Waals surface area (Å²) in [7, 11) is 0. The summed E-state index contributed by atoms with van der Waals surface area (Å²) >= 11 is 0. The van der Waals surface area contributed by atoms with Crippen LogP contribution in [-0.4, -0.2) is 136 Å². The Hall–Kier alpha value is -5.02. The van der Waals surface area contributed by atoms with Crippen molar-refractivity contribution in [3.63, 3.8) is 0 Å². The van der Waals surface area contributed by atoms with Crippen LogP contribution in [0.1, 0.15) is 55.1 Å². The zero-order valence-corrected chi connectivity index (χ0v) is 27.6. The van der Waals surface area contributed by atoms with E-state index >= 15 is 0 Å². The average Bonchev–Trinajstić information content (AvgIpc) is 3.80. The molecule has 2 N–H and O–H groups in total. The molecule has 2 aromatic rings. The minimum atomic E-state index is -1.46. The third kappa shape index (κ3) is 8.17. The molecule has 3 fully saturated rings. The molecule has 15 nitrogen and oxygen atoms in total. The lowest BCUT2D eigenvalue weighted by Gasteiger charge is -2.35. The molecule has 3 aliphatic rings. The van der Waals surface area contributed by atoms with Gasteiger partial charge in [0, 0.05) is 57.3 Å². The Bertz CT molecular complexity index is 1620. The molecular formula is C33H41FN6O9. The first-order chi connectivity index (χ1) is 23.5. The third-order valence-corrected chi connectivity index (χ3v) is 9.01. The summed E-state index contributed by atoms with van der Waals surface area (Å²) in [6.07, 6.45) is 1.83. The molecule has 16 heteroatoms. The molecule has 49 heavy (non-hydrogen) atoms. The van der Waals surface area contributed by atoms with Crippen LogP contribution in [0.5, 0.6) is 5.75 Å². The van der Waals surface area contributed by atoms with Crippen LogP contribution in [0.25, 0.3) is 10.9 Å². The van der Waals surface area contributed by atoms with E-state index in [1.54, 1.807) is 11.8 Å². The van der Waals surface area contributed by atoms with Gasteiger partial charge in [-0.1, -0.05) is 0 Å². The van der Waals surface area contributed by atoms with Gasteiger partial charge in [-0.25, -0.2) is 14.2 Å². The molecule has 5 amide bonds. The summed E-state index contributed by atoms with van der Waals surface area (Å²) in [6, 6.07) is 1.75. The Morgan fingerprint density at radius 3 is 2.33 bits per heavy atom. The maximum absolute atomic E-state index is 14.7. The largest absolute Gasteiger partial charge is 0.483 e. The number of carbonyl (C=O) groups is 6. The highest BCUT2D eigenvalue weighted by atomic mass is 19.1. The summed E-state index contributed by atoms with van der Waals surface area (Å²) in [6.45, 7) is 5.18. The molecule has 0 spiro atoms. The number of rotatable bonds is 10. The third-order valence-electron chi connectivity index (χ3n) is 9.01. The van der Waals surface area contributed by atoms with Crippen LogP contribution in [-0.2, 0) is 23.9 Å². The minimum Gasteiger partial charge on any atom is -0.483 e. The van der Waals surface area contributed by atoms with Gasteiger partial charge < -0.3 is 39.5 Å². The Morgan fingerprint density at radius 1 is 0.959 bits per heavy atom. The number of aliphatic carboxylic acids is 1. The van der Waals surface area contributed by atoms with E-state index in [1.807, 2.05) is 0 Å². The van der Waals surface area contributed by atoms with Crippen molar-refractivity contribution < 1.29 is 47.7 Å². The van der Waals surface area contributed by atoms with Crippen molar-refractivity contribution in [3.05, 3.63) is 35.3 Å². The number of aryl methyl sites for hydroxylation is 1. The monoisotopic (exact) mass is 684 g/mol. The van der Waals surface area contributed by atoms with E-state index in [0.717, 1.165) is 12.8 Å². The van der Waals surface area contributed by atoms with E-state index in [0.29, 0.717) is 32.5 Å². The number of aromatic nitrogens is 1. The molecule has 1 aromatic carbocycles. The molecule has 0 bridgehead atoms. The van der Waals surface area contributed by atoms with Crippen molar-refractivity contribution in [2.75, 3.05) is 59.0 Å². The van der Waals surface area contributed by atoms with Gasteiger partial charge in [0.2, 0.25) is 11.8 Å².